The molecule has 0 aromatic rings. The van der Waals surface area contributed by atoms with Crippen molar-refractivity contribution >= 4 is 40.0 Å². The van der Waals surface area contributed by atoms with Gasteiger partial charge in [0, 0.05) is 0 Å². The van der Waals surface area contributed by atoms with Crippen LogP contribution < -0.4 is 0 Å². The van der Waals surface area contributed by atoms with Crippen LogP contribution in [0.3, 0.4) is 0 Å². The van der Waals surface area contributed by atoms with Gasteiger partial charge in [-0.15, -0.1) is 11.6 Å². The third kappa shape index (κ3) is 2.31. The first-order valence-corrected chi connectivity index (χ1v) is 5.58. The minimum Gasteiger partial charge on any atom is -0.297 e. The predicted molar refractivity (Wildman–Crippen MR) is 55.6 cm³/mol. The van der Waals surface area contributed by atoms with Gasteiger partial charge in [0.05, 0.1) is 9.30 Å². The molecular formula is C8H12ClIO. The van der Waals surface area contributed by atoms with E-state index in [1.54, 1.807) is 0 Å². The Balaban J connectivity index is 2.56. The highest BCUT2D eigenvalue weighted by Crippen LogP contribution is 2.37. The van der Waals surface area contributed by atoms with Crippen LogP contribution in [0.5, 0.6) is 0 Å². The number of hydrogen-bond donors (Lipinski definition) is 0. The molecule has 1 nitrogen and oxygen atoms in total. The Hall–Kier alpha value is 0.690. The monoisotopic (exact) mass is 286 g/mol. The van der Waals surface area contributed by atoms with Gasteiger partial charge in [-0.1, -0.05) is 41.9 Å². The average Bonchev–Trinajstić information content (AvgIpc) is 2.04. The normalized spacial score (nSPS) is 23.1. The molecule has 0 atom stereocenters. The summed E-state index contributed by atoms with van der Waals surface area (Å²) in [6, 6.07) is 0. The molecule has 0 spiro atoms. The van der Waals surface area contributed by atoms with E-state index in [1.165, 1.54) is 19.3 Å². The summed E-state index contributed by atoms with van der Waals surface area (Å²) in [7, 11) is 0. The summed E-state index contributed by atoms with van der Waals surface area (Å²) in [6.45, 7) is 0. The van der Waals surface area contributed by atoms with E-state index in [-0.39, 0.29) is 15.1 Å². The van der Waals surface area contributed by atoms with Crippen molar-refractivity contribution in [2.24, 2.45) is 0 Å². The fourth-order valence-corrected chi connectivity index (χ4v) is 2.95. The van der Waals surface area contributed by atoms with Gasteiger partial charge in [0.15, 0.2) is 5.78 Å². The lowest BCUT2D eigenvalue weighted by atomic mass is 9.87. The van der Waals surface area contributed by atoms with E-state index in [0.29, 0.717) is 0 Å². The molecule has 1 aliphatic carbocycles. The summed E-state index contributed by atoms with van der Waals surface area (Å²) in [5.74, 6) is 0.405. The summed E-state index contributed by atoms with van der Waals surface area (Å²) in [5.41, 5.74) is 0. The molecule has 0 bridgehead atoms. The van der Waals surface area contributed by atoms with Crippen LogP contribution in [0.15, 0.2) is 0 Å². The largest absolute Gasteiger partial charge is 0.297 e. The summed E-state index contributed by atoms with van der Waals surface area (Å²) in [6.07, 6.45) is 5.70. The minimum atomic E-state index is -0.113. The van der Waals surface area contributed by atoms with E-state index < -0.39 is 0 Å². The molecule has 0 aliphatic heterocycles. The molecule has 1 saturated carbocycles. The third-order valence-corrected chi connectivity index (χ3v) is 4.19. The van der Waals surface area contributed by atoms with Gasteiger partial charge in [-0.05, 0) is 12.8 Å². The van der Waals surface area contributed by atoms with Gasteiger partial charge < -0.3 is 0 Å². The minimum absolute atomic E-state index is 0.113. The third-order valence-electron chi connectivity index (χ3n) is 2.27. The standard InChI is InChI=1S/C8H12ClIO/c9-6-7(11)8(10)4-2-1-3-5-8/h1-6H2. The number of alkyl halides is 2. The molecule has 1 aliphatic rings. The van der Waals surface area contributed by atoms with E-state index in [4.69, 9.17) is 11.6 Å². The molecule has 1 rings (SSSR count). The van der Waals surface area contributed by atoms with Gasteiger partial charge in [-0.2, -0.15) is 0 Å². The quantitative estimate of drug-likeness (QED) is 0.563. The molecule has 3 heteroatoms. The van der Waals surface area contributed by atoms with Crippen LogP contribution in [0.2, 0.25) is 0 Å². The van der Waals surface area contributed by atoms with Crippen molar-refractivity contribution in [2.45, 2.75) is 35.5 Å². The van der Waals surface area contributed by atoms with Crippen molar-refractivity contribution in [1.29, 1.82) is 0 Å². The first kappa shape index (κ1) is 9.78. The molecule has 1 fully saturated rings. The first-order chi connectivity index (χ1) is 5.19. The summed E-state index contributed by atoms with van der Waals surface area (Å²) in [4.78, 5) is 11.3. The summed E-state index contributed by atoms with van der Waals surface area (Å²) >= 11 is 7.80. The topological polar surface area (TPSA) is 17.1 Å². The maximum Gasteiger partial charge on any atom is 0.163 e. The second kappa shape index (κ2) is 4.08. The average molecular weight is 287 g/mol. The van der Waals surface area contributed by atoms with Crippen LogP contribution in [0.4, 0.5) is 0 Å². The molecule has 0 radical (unpaired) electrons. The van der Waals surface area contributed by atoms with E-state index in [0.717, 1.165) is 12.8 Å². The van der Waals surface area contributed by atoms with Gasteiger partial charge in [-0.25, -0.2) is 0 Å². The lowest BCUT2D eigenvalue weighted by molar-refractivity contribution is -0.119. The molecule has 11 heavy (non-hydrogen) atoms. The number of rotatable bonds is 2. The number of Topliss-reactive ketones (excluding diaryl/α,β-unsaturated/α-hetero) is 1. The van der Waals surface area contributed by atoms with Crippen LogP contribution in [0, 0.1) is 0 Å². The van der Waals surface area contributed by atoms with E-state index in [2.05, 4.69) is 22.6 Å². The van der Waals surface area contributed by atoms with Gasteiger partial charge in [-0.3, -0.25) is 4.79 Å². The van der Waals surface area contributed by atoms with E-state index in [9.17, 15) is 4.79 Å². The molecule has 0 saturated heterocycles. The van der Waals surface area contributed by atoms with Gasteiger partial charge in [0.2, 0.25) is 0 Å². The maximum atomic E-state index is 11.3. The Kier molecular flexibility index (Phi) is 3.62. The highest BCUT2D eigenvalue weighted by molar-refractivity contribution is 14.1. The molecule has 64 valence electrons. The molecule has 0 aromatic heterocycles. The number of ketones is 1. The molecule has 0 N–H and O–H groups in total. The van der Waals surface area contributed by atoms with Crippen molar-refractivity contribution in [3.63, 3.8) is 0 Å². The van der Waals surface area contributed by atoms with Crippen molar-refractivity contribution in [1.82, 2.24) is 0 Å². The second-order valence-corrected chi connectivity index (χ2v) is 5.41. The smallest absolute Gasteiger partial charge is 0.163 e. The predicted octanol–water partition coefficient (Wildman–Crippen LogP) is 2.93. The summed E-state index contributed by atoms with van der Waals surface area (Å²) < 4.78 is -0.113. The van der Waals surface area contributed by atoms with Crippen LogP contribution in [0.1, 0.15) is 32.1 Å². The van der Waals surface area contributed by atoms with Gasteiger partial charge in [0.1, 0.15) is 0 Å². The van der Waals surface area contributed by atoms with Crippen LogP contribution >= 0.6 is 34.2 Å². The first-order valence-electron chi connectivity index (χ1n) is 3.97. The lowest BCUT2D eigenvalue weighted by Crippen LogP contribution is -2.34. The van der Waals surface area contributed by atoms with Crippen LogP contribution in [-0.4, -0.2) is 15.1 Å². The van der Waals surface area contributed by atoms with Gasteiger partial charge >= 0.3 is 0 Å². The number of halogens is 2. The zero-order chi connectivity index (χ0) is 8.32. The number of carbonyl (C=O) groups is 1. The Morgan fingerprint density at radius 3 is 2.36 bits per heavy atom. The van der Waals surface area contributed by atoms with Crippen molar-refractivity contribution in [3.05, 3.63) is 0 Å². The summed E-state index contributed by atoms with van der Waals surface area (Å²) in [5, 5.41) is 0. The molecule has 0 heterocycles. The Morgan fingerprint density at radius 2 is 1.91 bits per heavy atom. The van der Waals surface area contributed by atoms with Crippen molar-refractivity contribution < 1.29 is 4.79 Å². The maximum absolute atomic E-state index is 11.3. The van der Waals surface area contributed by atoms with E-state index >= 15 is 0 Å². The fourth-order valence-electron chi connectivity index (χ4n) is 1.51. The Bertz CT molecular complexity index is 152. The van der Waals surface area contributed by atoms with Crippen molar-refractivity contribution in [2.75, 3.05) is 5.88 Å². The molecular weight excluding hydrogens is 274 g/mol. The van der Waals surface area contributed by atoms with Crippen LogP contribution in [0.25, 0.3) is 0 Å². The Labute approximate surface area is 86.0 Å². The highest BCUT2D eigenvalue weighted by Gasteiger charge is 2.35. The highest BCUT2D eigenvalue weighted by atomic mass is 127. The lowest BCUT2D eigenvalue weighted by Gasteiger charge is -2.29. The Morgan fingerprint density at radius 1 is 1.36 bits per heavy atom. The number of hydrogen-bond acceptors (Lipinski definition) is 1. The molecule has 0 unspecified atom stereocenters. The second-order valence-electron chi connectivity index (χ2n) is 3.08. The van der Waals surface area contributed by atoms with Crippen molar-refractivity contribution in [3.8, 4) is 0 Å². The SMILES string of the molecule is O=C(CCl)C1(I)CCCCC1. The van der Waals surface area contributed by atoms with Crippen LogP contribution in [-0.2, 0) is 4.79 Å². The number of carbonyl (C=O) groups excluding carboxylic acids is 1. The zero-order valence-corrected chi connectivity index (χ0v) is 9.32. The van der Waals surface area contributed by atoms with Gasteiger partial charge in [0.25, 0.3) is 0 Å². The zero-order valence-electron chi connectivity index (χ0n) is 6.41. The fraction of sp³-hybridized carbons (Fsp3) is 0.875. The van der Waals surface area contributed by atoms with E-state index in [1.807, 2.05) is 0 Å². The molecule has 0 aromatic carbocycles. The molecule has 0 amide bonds.